The number of hydrogen-bond acceptors (Lipinski definition) is 3. The van der Waals surface area contributed by atoms with E-state index in [2.05, 4.69) is 16.9 Å². The Kier molecular flexibility index (Phi) is 5.73. The Hall–Kier alpha value is -1.20. The first kappa shape index (κ1) is 15.2. The van der Waals surface area contributed by atoms with Gasteiger partial charge in [0.05, 0.1) is 12.6 Å². The zero-order chi connectivity index (χ0) is 14.4. The number of nitrogens with one attached hydrogen (secondary N) is 2. The molecule has 3 N–H and O–H groups in total. The summed E-state index contributed by atoms with van der Waals surface area (Å²) in [7, 11) is 0. The summed E-state index contributed by atoms with van der Waals surface area (Å²) in [5.74, 6) is 0. The molecule has 20 heavy (non-hydrogen) atoms. The van der Waals surface area contributed by atoms with Crippen molar-refractivity contribution in [2.24, 2.45) is 0 Å². The van der Waals surface area contributed by atoms with Crippen LogP contribution in [0.2, 0.25) is 0 Å². The van der Waals surface area contributed by atoms with Gasteiger partial charge in [0.15, 0.2) is 0 Å². The Morgan fingerprint density at radius 3 is 2.75 bits per heavy atom. The van der Waals surface area contributed by atoms with Crippen LogP contribution < -0.4 is 10.6 Å². The number of aliphatic hydroxyl groups excluding tert-OH is 1. The van der Waals surface area contributed by atoms with Gasteiger partial charge in [0.25, 0.3) is 0 Å². The maximum absolute atomic E-state index is 12.0. The van der Waals surface area contributed by atoms with E-state index >= 15 is 0 Å². The maximum Gasteiger partial charge on any atom is 0.315 e. The number of amides is 2. The summed E-state index contributed by atoms with van der Waals surface area (Å²) in [5.41, 5.74) is 0.915. The van der Waals surface area contributed by atoms with Crippen LogP contribution in [0, 0.1) is 0 Å². The second-order valence-corrected chi connectivity index (χ2v) is 6.27. The molecular weight excluding hydrogens is 272 g/mol. The van der Waals surface area contributed by atoms with Crippen LogP contribution in [0.1, 0.15) is 30.9 Å². The van der Waals surface area contributed by atoms with Crippen LogP contribution in [0.3, 0.4) is 0 Å². The summed E-state index contributed by atoms with van der Waals surface area (Å²) in [6.07, 6.45) is 5.34. The van der Waals surface area contributed by atoms with Gasteiger partial charge in [0.1, 0.15) is 0 Å². The number of aliphatic hydroxyl groups is 1. The van der Waals surface area contributed by atoms with Crippen LogP contribution in [-0.4, -0.2) is 35.3 Å². The lowest BCUT2D eigenvalue weighted by Crippen LogP contribution is -2.43. The number of benzene rings is 1. The van der Waals surface area contributed by atoms with E-state index < -0.39 is 0 Å². The van der Waals surface area contributed by atoms with Crippen molar-refractivity contribution in [3.05, 3.63) is 35.9 Å². The fourth-order valence-electron chi connectivity index (χ4n) is 2.59. The zero-order valence-electron chi connectivity index (χ0n) is 11.7. The quantitative estimate of drug-likeness (QED) is 0.781. The molecule has 110 valence electrons. The summed E-state index contributed by atoms with van der Waals surface area (Å²) >= 11 is 1.87. The molecule has 4 nitrogen and oxygen atoms in total. The normalized spacial score (nSPS) is 23.3. The second kappa shape index (κ2) is 7.55. The molecule has 2 rings (SSSR count). The highest BCUT2D eigenvalue weighted by Gasteiger charge is 2.25. The van der Waals surface area contributed by atoms with Crippen LogP contribution in [0.15, 0.2) is 30.3 Å². The van der Waals surface area contributed by atoms with Gasteiger partial charge in [-0.3, -0.25) is 0 Å². The Balaban J connectivity index is 1.84. The van der Waals surface area contributed by atoms with E-state index in [-0.39, 0.29) is 24.7 Å². The molecule has 2 amide bonds. The van der Waals surface area contributed by atoms with Gasteiger partial charge in [0, 0.05) is 11.3 Å². The van der Waals surface area contributed by atoms with Crippen molar-refractivity contribution in [2.45, 2.75) is 36.6 Å². The maximum atomic E-state index is 12.0. The smallest absolute Gasteiger partial charge is 0.315 e. The number of thioether (sulfide) groups is 1. The minimum Gasteiger partial charge on any atom is -0.394 e. The number of hydrogen-bond donors (Lipinski definition) is 3. The second-order valence-electron chi connectivity index (χ2n) is 5.13. The van der Waals surface area contributed by atoms with Crippen LogP contribution in [0.25, 0.3) is 0 Å². The molecular formula is C15H22N2O2S. The molecule has 1 aromatic rings. The van der Waals surface area contributed by atoms with E-state index in [0.29, 0.717) is 5.25 Å². The van der Waals surface area contributed by atoms with Gasteiger partial charge in [-0.25, -0.2) is 4.79 Å². The van der Waals surface area contributed by atoms with Gasteiger partial charge in [-0.05, 0) is 31.1 Å². The fraction of sp³-hybridized carbons (Fsp3) is 0.533. The Morgan fingerprint density at radius 2 is 2.15 bits per heavy atom. The van der Waals surface area contributed by atoms with Crippen LogP contribution in [-0.2, 0) is 0 Å². The molecule has 0 heterocycles. The summed E-state index contributed by atoms with van der Waals surface area (Å²) in [6, 6.07) is 9.23. The zero-order valence-corrected chi connectivity index (χ0v) is 12.5. The minimum atomic E-state index is -0.353. The van der Waals surface area contributed by atoms with Crippen molar-refractivity contribution in [3.8, 4) is 0 Å². The average molecular weight is 294 g/mol. The van der Waals surface area contributed by atoms with Crippen molar-refractivity contribution in [3.63, 3.8) is 0 Å². The molecule has 1 fully saturated rings. The highest BCUT2D eigenvalue weighted by atomic mass is 32.2. The summed E-state index contributed by atoms with van der Waals surface area (Å²) in [4.78, 5) is 12.0. The van der Waals surface area contributed by atoms with Crippen molar-refractivity contribution in [2.75, 3.05) is 12.9 Å². The average Bonchev–Trinajstić information content (AvgIpc) is 2.93. The van der Waals surface area contributed by atoms with Gasteiger partial charge >= 0.3 is 6.03 Å². The van der Waals surface area contributed by atoms with E-state index in [1.54, 1.807) is 0 Å². The summed E-state index contributed by atoms with van der Waals surface area (Å²) < 4.78 is 0. The highest BCUT2D eigenvalue weighted by Crippen LogP contribution is 2.28. The highest BCUT2D eigenvalue weighted by molar-refractivity contribution is 7.99. The minimum absolute atomic E-state index is 0.102. The van der Waals surface area contributed by atoms with Crippen molar-refractivity contribution >= 4 is 17.8 Å². The molecule has 3 unspecified atom stereocenters. The first-order valence-electron chi connectivity index (χ1n) is 6.98. The van der Waals surface area contributed by atoms with Crippen molar-refractivity contribution in [1.82, 2.24) is 10.6 Å². The third kappa shape index (κ3) is 4.15. The van der Waals surface area contributed by atoms with Gasteiger partial charge in [0.2, 0.25) is 0 Å². The monoisotopic (exact) mass is 294 g/mol. The molecule has 0 aliphatic heterocycles. The predicted octanol–water partition coefficient (Wildman–Crippen LogP) is 2.30. The molecule has 1 aliphatic carbocycles. The molecule has 0 aromatic heterocycles. The van der Waals surface area contributed by atoms with Crippen molar-refractivity contribution in [1.29, 1.82) is 0 Å². The number of rotatable bonds is 5. The van der Waals surface area contributed by atoms with Gasteiger partial charge in [-0.1, -0.05) is 30.3 Å². The SMILES string of the molecule is CSC1CCC(NC(=O)NC(CO)c2ccccc2)C1. The first-order chi connectivity index (χ1) is 9.72. The topological polar surface area (TPSA) is 61.4 Å². The number of carbonyl (C=O) groups is 1. The Bertz CT molecular complexity index is 427. The fourth-order valence-corrected chi connectivity index (χ4v) is 3.39. The molecule has 5 heteroatoms. The van der Waals surface area contributed by atoms with E-state index in [1.807, 2.05) is 42.1 Å². The lowest BCUT2D eigenvalue weighted by Gasteiger charge is -2.19. The van der Waals surface area contributed by atoms with Gasteiger partial charge in [-0.2, -0.15) is 11.8 Å². The number of urea groups is 1. The third-order valence-corrected chi connectivity index (χ3v) is 4.84. The summed E-state index contributed by atoms with van der Waals surface area (Å²) in [5, 5.41) is 15.9. The molecule has 1 aromatic carbocycles. The standard InChI is InChI=1S/C15H22N2O2S/c1-20-13-8-7-12(9-13)16-15(19)17-14(10-18)11-5-3-2-4-6-11/h2-6,12-14,18H,7-10H2,1H3,(H2,16,17,19). The van der Waals surface area contributed by atoms with E-state index in [1.165, 1.54) is 0 Å². The largest absolute Gasteiger partial charge is 0.394 e. The third-order valence-electron chi connectivity index (χ3n) is 3.74. The molecule has 0 spiro atoms. The molecule has 0 saturated heterocycles. The predicted molar refractivity (Wildman–Crippen MR) is 82.9 cm³/mol. The Morgan fingerprint density at radius 1 is 1.40 bits per heavy atom. The summed E-state index contributed by atoms with van der Waals surface area (Å²) in [6.45, 7) is -0.102. The van der Waals surface area contributed by atoms with E-state index in [0.717, 1.165) is 24.8 Å². The van der Waals surface area contributed by atoms with Crippen LogP contribution >= 0.6 is 11.8 Å². The lowest BCUT2D eigenvalue weighted by molar-refractivity contribution is 0.214. The molecule has 0 bridgehead atoms. The number of carbonyl (C=O) groups excluding carboxylic acids is 1. The van der Waals surface area contributed by atoms with Crippen LogP contribution in [0.4, 0.5) is 4.79 Å². The lowest BCUT2D eigenvalue weighted by atomic mass is 10.1. The molecule has 1 saturated carbocycles. The van der Waals surface area contributed by atoms with Crippen molar-refractivity contribution < 1.29 is 9.90 Å². The molecule has 1 aliphatic rings. The first-order valence-corrected chi connectivity index (χ1v) is 8.27. The van der Waals surface area contributed by atoms with E-state index in [9.17, 15) is 9.90 Å². The van der Waals surface area contributed by atoms with Crippen LogP contribution in [0.5, 0.6) is 0 Å². The molecule has 3 atom stereocenters. The molecule has 0 radical (unpaired) electrons. The van der Waals surface area contributed by atoms with Gasteiger partial charge in [-0.15, -0.1) is 0 Å². The van der Waals surface area contributed by atoms with Gasteiger partial charge < -0.3 is 15.7 Å². The Labute approximate surface area is 124 Å². The van der Waals surface area contributed by atoms with E-state index in [4.69, 9.17) is 0 Å².